The highest BCUT2D eigenvalue weighted by Crippen LogP contribution is 2.30. The Morgan fingerprint density at radius 1 is 1.38 bits per heavy atom. The molecule has 1 saturated heterocycles. The van der Waals surface area contributed by atoms with Gasteiger partial charge >= 0.3 is 0 Å². The molecule has 1 heterocycles. The molecule has 13 heavy (non-hydrogen) atoms. The molecular weight excluding hydrogens is 194 g/mol. The highest BCUT2D eigenvalue weighted by Gasteiger charge is 2.35. The van der Waals surface area contributed by atoms with Gasteiger partial charge in [-0.2, -0.15) is 0 Å². The largest absolute Gasteiger partial charge is 0.396 e. The Morgan fingerprint density at radius 2 is 1.92 bits per heavy atom. The Kier molecular flexibility index (Phi) is 3.28. The van der Waals surface area contributed by atoms with Crippen LogP contribution in [-0.2, 0) is 14.8 Å². The van der Waals surface area contributed by atoms with Crippen LogP contribution >= 0.6 is 0 Å². The third-order valence-electron chi connectivity index (χ3n) is 2.40. The maximum atomic E-state index is 10.9. The number of hydrogen-bond acceptors (Lipinski definition) is 4. The van der Waals surface area contributed by atoms with Gasteiger partial charge in [-0.3, -0.25) is 0 Å². The van der Waals surface area contributed by atoms with E-state index in [1.807, 2.05) is 0 Å². The van der Waals surface area contributed by atoms with Crippen LogP contribution in [0.25, 0.3) is 0 Å². The summed E-state index contributed by atoms with van der Waals surface area (Å²) in [7, 11) is -3.51. The number of sulfonamides is 1. The first-order valence-electron chi connectivity index (χ1n) is 4.17. The Labute approximate surface area is 77.9 Å². The molecule has 0 spiro atoms. The molecule has 0 bridgehead atoms. The van der Waals surface area contributed by atoms with Crippen LogP contribution < -0.4 is 5.14 Å². The molecule has 0 radical (unpaired) electrons. The predicted molar refractivity (Wildman–Crippen MR) is 47.5 cm³/mol. The van der Waals surface area contributed by atoms with E-state index in [9.17, 15) is 8.42 Å². The molecule has 0 saturated carbocycles. The van der Waals surface area contributed by atoms with E-state index in [2.05, 4.69) is 0 Å². The lowest BCUT2D eigenvalue weighted by atomic mass is 9.83. The zero-order valence-electron chi connectivity index (χ0n) is 7.40. The first-order chi connectivity index (χ1) is 5.97. The van der Waals surface area contributed by atoms with Crippen molar-refractivity contribution in [2.24, 2.45) is 10.6 Å². The van der Waals surface area contributed by atoms with Gasteiger partial charge in [0.2, 0.25) is 10.0 Å². The fourth-order valence-corrected chi connectivity index (χ4v) is 2.81. The molecule has 6 heteroatoms. The van der Waals surface area contributed by atoms with E-state index >= 15 is 0 Å². The van der Waals surface area contributed by atoms with E-state index in [0.717, 1.165) is 0 Å². The van der Waals surface area contributed by atoms with Crippen LogP contribution in [0, 0.1) is 5.41 Å². The van der Waals surface area contributed by atoms with Gasteiger partial charge in [-0.25, -0.2) is 13.6 Å². The Morgan fingerprint density at radius 3 is 2.31 bits per heavy atom. The van der Waals surface area contributed by atoms with Gasteiger partial charge in [0.15, 0.2) is 0 Å². The first kappa shape index (κ1) is 10.9. The Bertz CT molecular complexity index is 256. The van der Waals surface area contributed by atoms with Crippen LogP contribution in [0.15, 0.2) is 0 Å². The SMILES string of the molecule is NS(=O)(=O)CC1(CO)CCOCC1. The number of aliphatic hydroxyl groups is 1. The van der Waals surface area contributed by atoms with Crippen LogP contribution in [-0.4, -0.2) is 39.1 Å². The monoisotopic (exact) mass is 209 g/mol. The van der Waals surface area contributed by atoms with Crippen molar-refractivity contribution in [2.45, 2.75) is 12.8 Å². The summed E-state index contributed by atoms with van der Waals surface area (Å²) in [4.78, 5) is 0. The van der Waals surface area contributed by atoms with Crippen molar-refractivity contribution in [3.05, 3.63) is 0 Å². The lowest BCUT2D eigenvalue weighted by Gasteiger charge is -2.34. The fraction of sp³-hybridized carbons (Fsp3) is 1.00. The number of hydrogen-bond donors (Lipinski definition) is 2. The molecule has 1 aliphatic rings. The van der Waals surface area contributed by atoms with Crippen molar-refractivity contribution in [3.8, 4) is 0 Å². The molecule has 0 aliphatic carbocycles. The van der Waals surface area contributed by atoms with Crippen LogP contribution in [0.4, 0.5) is 0 Å². The molecule has 1 rings (SSSR count). The lowest BCUT2D eigenvalue weighted by Crippen LogP contribution is -2.41. The Hall–Kier alpha value is -0.170. The van der Waals surface area contributed by atoms with Crippen molar-refractivity contribution in [3.63, 3.8) is 0 Å². The van der Waals surface area contributed by atoms with E-state index in [1.165, 1.54) is 0 Å². The zero-order valence-corrected chi connectivity index (χ0v) is 8.22. The smallest absolute Gasteiger partial charge is 0.209 e. The highest BCUT2D eigenvalue weighted by molar-refractivity contribution is 7.89. The summed E-state index contributed by atoms with van der Waals surface area (Å²) in [5, 5.41) is 14.1. The second-order valence-corrected chi connectivity index (χ2v) is 5.19. The normalized spacial score (nSPS) is 22.9. The number of primary sulfonamides is 1. The van der Waals surface area contributed by atoms with Crippen molar-refractivity contribution < 1.29 is 18.3 Å². The highest BCUT2D eigenvalue weighted by atomic mass is 32.2. The molecule has 5 nitrogen and oxygen atoms in total. The van der Waals surface area contributed by atoms with Gasteiger partial charge in [-0.1, -0.05) is 0 Å². The van der Waals surface area contributed by atoms with Gasteiger partial charge in [0.1, 0.15) is 0 Å². The molecule has 0 atom stereocenters. The maximum absolute atomic E-state index is 10.9. The van der Waals surface area contributed by atoms with E-state index in [1.54, 1.807) is 0 Å². The minimum absolute atomic E-state index is 0.146. The average Bonchev–Trinajstić information content (AvgIpc) is 2.03. The third-order valence-corrected chi connectivity index (χ3v) is 3.41. The average molecular weight is 209 g/mol. The third kappa shape index (κ3) is 3.22. The number of rotatable bonds is 3. The first-order valence-corrected chi connectivity index (χ1v) is 5.88. The van der Waals surface area contributed by atoms with Crippen molar-refractivity contribution in [1.82, 2.24) is 0 Å². The van der Waals surface area contributed by atoms with Crippen LogP contribution in [0.3, 0.4) is 0 Å². The summed E-state index contributed by atoms with van der Waals surface area (Å²) in [5.41, 5.74) is -0.578. The molecule has 0 unspecified atom stereocenters. The molecule has 78 valence electrons. The second-order valence-electron chi connectivity index (χ2n) is 3.58. The quantitative estimate of drug-likeness (QED) is 0.628. The number of nitrogens with two attached hydrogens (primary N) is 1. The summed E-state index contributed by atoms with van der Waals surface area (Å²) in [6, 6.07) is 0. The van der Waals surface area contributed by atoms with Crippen molar-refractivity contribution >= 4 is 10.0 Å². The van der Waals surface area contributed by atoms with Crippen molar-refractivity contribution in [1.29, 1.82) is 0 Å². The van der Waals surface area contributed by atoms with Crippen LogP contribution in [0.2, 0.25) is 0 Å². The number of aliphatic hydroxyl groups excluding tert-OH is 1. The molecule has 0 amide bonds. The summed E-state index contributed by atoms with van der Waals surface area (Å²) >= 11 is 0. The summed E-state index contributed by atoms with van der Waals surface area (Å²) in [6.07, 6.45) is 1.11. The van der Waals surface area contributed by atoms with Crippen molar-refractivity contribution in [2.75, 3.05) is 25.6 Å². The molecular formula is C7H15NO4S. The van der Waals surface area contributed by atoms with E-state index in [-0.39, 0.29) is 12.4 Å². The molecule has 0 aromatic rings. The summed E-state index contributed by atoms with van der Waals surface area (Å²) < 4.78 is 26.9. The standard InChI is InChI=1S/C7H15NO4S/c8-13(10,11)6-7(5-9)1-3-12-4-2-7/h9H,1-6H2,(H2,8,10,11). The summed E-state index contributed by atoms with van der Waals surface area (Å²) in [6.45, 7) is 0.846. The minimum Gasteiger partial charge on any atom is -0.396 e. The van der Waals surface area contributed by atoms with E-state index < -0.39 is 15.4 Å². The minimum atomic E-state index is -3.51. The predicted octanol–water partition coefficient (Wildman–Crippen LogP) is -0.936. The number of ether oxygens (including phenoxy) is 1. The molecule has 0 aromatic heterocycles. The fourth-order valence-electron chi connectivity index (χ4n) is 1.58. The van der Waals surface area contributed by atoms with Gasteiger partial charge in [0.05, 0.1) is 5.75 Å². The zero-order chi connectivity index (χ0) is 9.95. The topological polar surface area (TPSA) is 89.6 Å². The molecule has 0 aromatic carbocycles. The van der Waals surface area contributed by atoms with Gasteiger partial charge in [0, 0.05) is 25.2 Å². The van der Waals surface area contributed by atoms with Crippen LogP contribution in [0.5, 0.6) is 0 Å². The van der Waals surface area contributed by atoms with Gasteiger partial charge < -0.3 is 9.84 Å². The van der Waals surface area contributed by atoms with Gasteiger partial charge in [-0.15, -0.1) is 0 Å². The maximum Gasteiger partial charge on any atom is 0.209 e. The molecule has 3 N–H and O–H groups in total. The second kappa shape index (κ2) is 3.91. The van der Waals surface area contributed by atoms with Gasteiger partial charge in [0.25, 0.3) is 0 Å². The molecule has 1 aliphatic heterocycles. The van der Waals surface area contributed by atoms with E-state index in [0.29, 0.717) is 26.1 Å². The summed E-state index contributed by atoms with van der Waals surface area (Å²) in [5.74, 6) is -0.153. The van der Waals surface area contributed by atoms with Gasteiger partial charge in [-0.05, 0) is 12.8 Å². The van der Waals surface area contributed by atoms with E-state index in [4.69, 9.17) is 15.0 Å². The molecule has 1 fully saturated rings. The van der Waals surface area contributed by atoms with Crippen LogP contribution in [0.1, 0.15) is 12.8 Å². The Balaban J connectivity index is 2.68. The lowest BCUT2D eigenvalue weighted by molar-refractivity contribution is -0.00362.